The molecule has 1 aromatic rings. The average molecular weight is 272 g/mol. The lowest BCUT2D eigenvalue weighted by atomic mass is 10.1. The van der Waals surface area contributed by atoms with Gasteiger partial charge in [0, 0.05) is 22.9 Å². The number of alkyl halides is 1. The van der Waals surface area contributed by atoms with E-state index in [0.29, 0.717) is 10.6 Å². The van der Waals surface area contributed by atoms with E-state index in [9.17, 15) is 4.79 Å². The summed E-state index contributed by atoms with van der Waals surface area (Å²) in [5.74, 6) is 5.92. The number of rotatable bonds is 2. The molecule has 0 atom stereocenters. The molecule has 0 spiro atoms. The summed E-state index contributed by atoms with van der Waals surface area (Å²) in [6.45, 7) is 0. The Morgan fingerprint density at radius 3 is 2.93 bits per heavy atom. The Hall–Kier alpha value is -0.780. The molecule has 1 aromatic carbocycles. The van der Waals surface area contributed by atoms with E-state index in [1.54, 1.807) is 18.2 Å². The zero-order valence-corrected chi connectivity index (χ0v) is 9.73. The second-order valence-corrected chi connectivity index (χ2v) is 3.80. The largest absolute Gasteiger partial charge is 0.298 e. The van der Waals surface area contributed by atoms with E-state index in [1.165, 1.54) is 0 Å². The highest BCUT2D eigenvalue weighted by Gasteiger charge is 1.98. The summed E-state index contributed by atoms with van der Waals surface area (Å²) < 4.78 is 0. The Balaban J connectivity index is 2.91. The highest BCUT2D eigenvalue weighted by atomic mass is 79.9. The Kier molecular flexibility index (Phi) is 4.72. The van der Waals surface area contributed by atoms with Crippen LogP contribution in [-0.4, -0.2) is 11.6 Å². The van der Waals surface area contributed by atoms with E-state index in [2.05, 4.69) is 27.8 Å². The molecule has 72 valence electrons. The topological polar surface area (TPSA) is 17.1 Å². The molecule has 3 heteroatoms. The zero-order valence-electron chi connectivity index (χ0n) is 7.39. The summed E-state index contributed by atoms with van der Waals surface area (Å²) in [4.78, 5) is 10.6. The van der Waals surface area contributed by atoms with E-state index < -0.39 is 0 Å². The normalized spacial score (nSPS) is 9.00. The van der Waals surface area contributed by atoms with Gasteiger partial charge in [0.05, 0.1) is 5.02 Å². The van der Waals surface area contributed by atoms with Crippen LogP contribution < -0.4 is 0 Å². The molecular formula is C11H8BrClO. The van der Waals surface area contributed by atoms with Crippen LogP contribution in [0.15, 0.2) is 18.2 Å². The van der Waals surface area contributed by atoms with Gasteiger partial charge in [-0.15, -0.1) is 0 Å². The molecule has 0 aliphatic rings. The molecule has 0 aliphatic heterocycles. The zero-order chi connectivity index (χ0) is 10.4. The van der Waals surface area contributed by atoms with E-state index in [0.717, 1.165) is 23.6 Å². The first-order valence-electron chi connectivity index (χ1n) is 4.07. The number of carbonyl (C=O) groups is 1. The third-order valence-corrected chi connectivity index (χ3v) is 2.32. The van der Waals surface area contributed by atoms with E-state index >= 15 is 0 Å². The molecule has 0 unspecified atom stereocenters. The van der Waals surface area contributed by atoms with Crippen molar-refractivity contribution in [2.75, 3.05) is 5.33 Å². The van der Waals surface area contributed by atoms with Crippen LogP contribution in [0.3, 0.4) is 0 Å². The van der Waals surface area contributed by atoms with Crippen molar-refractivity contribution in [3.05, 3.63) is 34.3 Å². The van der Waals surface area contributed by atoms with E-state index in [4.69, 9.17) is 11.6 Å². The van der Waals surface area contributed by atoms with Crippen molar-refractivity contribution in [2.24, 2.45) is 0 Å². The van der Waals surface area contributed by atoms with Gasteiger partial charge in [0.15, 0.2) is 6.29 Å². The van der Waals surface area contributed by atoms with Gasteiger partial charge in [0.1, 0.15) is 0 Å². The van der Waals surface area contributed by atoms with Crippen LogP contribution in [0, 0.1) is 11.8 Å². The molecule has 0 N–H and O–H groups in total. The lowest BCUT2D eigenvalue weighted by Gasteiger charge is -1.95. The molecule has 1 nitrogen and oxygen atoms in total. The lowest BCUT2D eigenvalue weighted by Crippen LogP contribution is -1.83. The molecule has 0 fully saturated rings. The van der Waals surface area contributed by atoms with Crippen molar-refractivity contribution in [1.29, 1.82) is 0 Å². The smallest absolute Gasteiger partial charge is 0.151 e. The monoisotopic (exact) mass is 270 g/mol. The number of aldehydes is 1. The number of halogens is 2. The minimum atomic E-state index is 0.464. The molecule has 14 heavy (non-hydrogen) atoms. The molecule has 0 amide bonds. The van der Waals surface area contributed by atoms with Crippen molar-refractivity contribution >= 4 is 33.8 Å². The fourth-order valence-electron chi connectivity index (χ4n) is 0.924. The summed E-state index contributed by atoms with van der Waals surface area (Å²) in [7, 11) is 0. The van der Waals surface area contributed by atoms with Gasteiger partial charge in [0.25, 0.3) is 0 Å². The van der Waals surface area contributed by atoms with Crippen molar-refractivity contribution in [3.8, 4) is 11.8 Å². The van der Waals surface area contributed by atoms with Crippen molar-refractivity contribution in [1.82, 2.24) is 0 Å². The second-order valence-electron chi connectivity index (χ2n) is 2.59. The van der Waals surface area contributed by atoms with Crippen LogP contribution in [0.1, 0.15) is 22.3 Å². The minimum absolute atomic E-state index is 0.464. The highest BCUT2D eigenvalue weighted by Crippen LogP contribution is 2.14. The van der Waals surface area contributed by atoms with Gasteiger partial charge in [-0.05, 0) is 18.2 Å². The third kappa shape index (κ3) is 3.17. The van der Waals surface area contributed by atoms with Gasteiger partial charge in [-0.25, -0.2) is 0 Å². The molecule has 0 saturated carbocycles. The SMILES string of the molecule is O=Cc1cc(C#CCCBr)ccc1Cl. The van der Waals surface area contributed by atoms with Crippen LogP contribution in [-0.2, 0) is 0 Å². The number of benzene rings is 1. The summed E-state index contributed by atoms with van der Waals surface area (Å²) in [6.07, 6.45) is 1.52. The maximum Gasteiger partial charge on any atom is 0.151 e. The maximum atomic E-state index is 10.6. The van der Waals surface area contributed by atoms with Gasteiger partial charge >= 0.3 is 0 Å². The summed E-state index contributed by atoms with van der Waals surface area (Å²) in [6, 6.07) is 5.18. The van der Waals surface area contributed by atoms with Crippen molar-refractivity contribution in [2.45, 2.75) is 6.42 Å². The molecule has 0 bridgehead atoms. The van der Waals surface area contributed by atoms with Gasteiger partial charge in [-0.2, -0.15) is 0 Å². The van der Waals surface area contributed by atoms with Gasteiger partial charge in [-0.1, -0.05) is 39.4 Å². The van der Waals surface area contributed by atoms with Crippen LogP contribution in [0.5, 0.6) is 0 Å². The number of hydrogen-bond acceptors (Lipinski definition) is 1. The van der Waals surface area contributed by atoms with Gasteiger partial charge in [-0.3, -0.25) is 4.79 Å². The molecule has 0 radical (unpaired) electrons. The Labute approximate surface area is 96.6 Å². The summed E-state index contributed by atoms with van der Waals surface area (Å²) in [5, 5.41) is 1.32. The first-order chi connectivity index (χ1) is 6.77. The Morgan fingerprint density at radius 1 is 1.50 bits per heavy atom. The molecule has 0 heterocycles. The molecule has 0 aliphatic carbocycles. The second kappa shape index (κ2) is 5.85. The Bertz CT molecular complexity index is 390. The van der Waals surface area contributed by atoms with E-state index in [-0.39, 0.29) is 0 Å². The average Bonchev–Trinajstić information content (AvgIpc) is 2.21. The first kappa shape index (κ1) is 11.3. The fourth-order valence-corrected chi connectivity index (χ4v) is 1.28. The predicted molar refractivity (Wildman–Crippen MR) is 62.1 cm³/mol. The van der Waals surface area contributed by atoms with Crippen molar-refractivity contribution in [3.63, 3.8) is 0 Å². The highest BCUT2D eigenvalue weighted by molar-refractivity contribution is 9.09. The van der Waals surface area contributed by atoms with Crippen LogP contribution >= 0.6 is 27.5 Å². The lowest BCUT2D eigenvalue weighted by molar-refractivity contribution is 0.112. The Morgan fingerprint density at radius 2 is 2.29 bits per heavy atom. The molecule has 0 aromatic heterocycles. The van der Waals surface area contributed by atoms with Crippen molar-refractivity contribution < 1.29 is 4.79 Å². The van der Waals surface area contributed by atoms with Gasteiger partial charge < -0.3 is 0 Å². The number of carbonyl (C=O) groups excluding carboxylic acids is 1. The predicted octanol–water partition coefficient (Wildman–Crippen LogP) is 3.29. The first-order valence-corrected chi connectivity index (χ1v) is 5.57. The molecule has 1 rings (SSSR count). The summed E-state index contributed by atoms with van der Waals surface area (Å²) in [5.41, 5.74) is 1.30. The summed E-state index contributed by atoms with van der Waals surface area (Å²) >= 11 is 9.05. The van der Waals surface area contributed by atoms with Crippen LogP contribution in [0.2, 0.25) is 5.02 Å². The molecular weight excluding hydrogens is 263 g/mol. The quantitative estimate of drug-likeness (QED) is 0.458. The maximum absolute atomic E-state index is 10.6. The standard InChI is InChI=1S/C11H8BrClO/c12-6-2-1-3-9-4-5-11(13)10(7-9)8-14/h4-5,7-8H,2,6H2. The number of hydrogen-bond donors (Lipinski definition) is 0. The van der Waals surface area contributed by atoms with Crippen LogP contribution in [0.4, 0.5) is 0 Å². The van der Waals surface area contributed by atoms with E-state index in [1.807, 2.05) is 0 Å². The van der Waals surface area contributed by atoms with Crippen LogP contribution in [0.25, 0.3) is 0 Å². The van der Waals surface area contributed by atoms with Gasteiger partial charge in [0.2, 0.25) is 0 Å². The molecule has 0 saturated heterocycles. The third-order valence-electron chi connectivity index (χ3n) is 1.58. The minimum Gasteiger partial charge on any atom is -0.298 e. The fraction of sp³-hybridized carbons (Fsp3) is 0.182.